The summed E-state index contributed by atoms with van der Waals surface area (Å²) in [6, 6.07) is 83.0. The highest BCUT2D eigenvalue weighted by atomic mass is 15.1. The SMILES string of the molecule is c1ccc(-c2cccc(-c3ccccc3-n3c4ccccc4c4ccc(-c5ccccc5-c5ccccc5N(c5ccccc5)c5ccccc5)cc43)c2)cc1. The van der Waals surface area contributed by atoms with Crippen molar-refractivity contribution in [1.29, 1.82) is 0 Å². The minimum Gasteiger partial charge on any atom is -0.310 e. The zero-order chi connectivity index (χ0) is 37.3. The van der Waals surface area contributed by atoms with Crippen molar-refractivity contribution in [3.05, 3.63) is 231 Å². The summed E-state index contributed by atoms with van der Waals surface area (Å²) in [5.74, 6) is 0. The van der Waals surface area contributed by atoms with Gasteiger partial charge >= 0.3 is 0 Å². The fourth-order valence-electron chi connectivity index (χ4n) is 8.25. The van der Waals surface area contributed by atoms with Gasteiger partial charge in [0, 0.05) is 33.3 Å². The van der Waals surface area contributed by atoms with Crippen LogP contribution in [0.2, 0.25) is 0 Å². The van der Waals surface area contributed by atoms with E-state index in [9.17, 15) is 0 Å². The molecule has 0 aliphatic rings. The van der Waals surface area contributed by atoms with E-state index >= 15 is 0 Å². The molecule has 9 aromatic carbocycles. The standard InChI is InChI=1S/C54H38N2/c1-4-19-39(20-5-1)40-21-18-22-41(37-40)46-28-12-15-32-51(46)56-53-34-17-14-31-49(53)50-36-35-42(38-54(50)56)45-27-10-11-29-47(45)48-30-13-16-33-52(48)55(43-23-6-2-7-24-43)44-25-8-3-9-26-44/h1-38H. The Balaban J connectivity index is 1.16. The van der Waals surface area contributed by atoms with Crippen LogP contribution in [0.5, 0.6) is 0 Å². The van der Waals surface area contributed by atoms with Gasteiger partial charge in [0.2, 0.25) is 0 Å². The van der Waals surface area contributed by atoms with Crippen LogP contribution in [0.1, 0.15) is 0 Å². The maximum absolute atomic E-state index is 2.46. The Bertz CT molecular complexity index is 2920. The van der Waals surface area contributed by atoms with Gasteiger partial charge in [-0.1, -0.05) is 176 Å². The number of fused-ring (bicyclic) bond motifs is 3. The molecule has 0 aliphatic carbocycles. The second kappa shape index (κ2) is 14.4. The maximum atomic E-state index is 2.46. The Morgan fingerprint density at radius 3 is 1.55 bits per heavy atom. The average Bonchev–Trinajstić information content (AvgIpc) is 3.61. The van der Waals surface area contributed by atoms with Crippen LogP contribution in [-0.4, -0.2) is 4.57 Å². The van der Waals surface area contributed by atoms with Crippen LogP contribution in [0.15, 0.2) is 231 Å². The van der Waals surface area contributed by atoms with E-state index in [1.54, 1.807) is 0 Å². The second-order valence-electron chi connectivity index (χ2n) is 14.1. The van der Waals surface area contributed by atoms with Crippen molar-refractivity contribution in [2.75, 3.05) is 4.90 Å². The molecule has 2 heteroatoms. The zero-order valence-electron chi connectivity index (χ0n) is 30.8. The molecular formula is C54H38N2. The van der Waals surface area contributed by atoms with Crippen LogP contribution in [0, 0.1) is 0 Å². The third-order valence-corrected chi connectivity index (χ3v) is 10.8. The monoisotopic (exact) mass is 714 g/mol. The molecule has 0 saturated carbocycles. The summed E-state index contributed by atoms with van der Waals surface area (Å²) in [5, 5.41) is 2.47. The van der Waals surface area contributed by atoms with Crippen LogP contribution >= 0.6 is 0 Å². The van der Waals surface area contributed by atoms with Gasteiger partial charge in [-0.3, -0.25) is 0 Å². The Morgan fingerprint density at radius 1 is 0.286 bits per heavy atom. The first-order valence-corrected chi connectivity index (χ1v) is 19.2. The van der Waals surface area contributed by atoms with E-state index in [4.69, 9.17) is 0 Å². The van der Waals surface area contributed by atoms with Crippen LogP contribution in [0.3, 0.4) is 0 Å². The van der Waals surface area contributed by atoms with Crippen molar-refractivity contribution < 1.29 is 0 Å². The predicted molar refractivity (Wildman–Crippen MR) is 237 cm³/mol. The summed E-state index contributed by atoms with van der Waals surface area (Å²) in [6.45, 7) is 0. The molecule has 2 nitrogen and oxygen atoms in total. The normalized spacial score (nSPS) is 11.2. The molecule has 1 aromatic heterocycles. The molecule has 0 aliphatic heterocycles. The minimum atomic E-state index is 1.11. The van der Waals surface area contributed by atoms with Crippen LogP contribution in [-0.2, 0) is 0 Å². The Labute approximate surface area is 327 Å². The fourth-order valence-corrected chi connectivity index (χ4v) is 8.25. The molecule has 0 atom stereocenters. The molecule has 0 N–H and O–H groups in total. The lowest BCUT2D eigenvalue weighted by molar-refractivity contribution is 1.18. The first-order chi connectivity index (χ1) is 27.8. The van der Waals surface area contributed by atoms with Crippen LogP contribution in [0.4, 0.5) is 17.1 Å². The maximum Gasteiger partial charge on any atom is 0.0547 e. The number of nitrogens with zero attached hydrogens (tertiary/aromatic N) is 2. The Hall–Kier alpha value is -7.42. The lowest BCUT2D eigenvalue weighted by Gasteiger charge is -2.28. The largest absolute Gasteiger partial charge is 0.310 e. The number of para-hydroxylation sites is 5. The Morgan fingerprint density at radius 2 is 0.804 bits per heavy atom. The van der Waals surface area contributed by atoms with Gasteiger partial charge in [-0.25, -0.2) is 0 Å². The van der Waals surface area contributed by atoms with E-state index in [1.165, 1.54) is 66.3 Å². The van der Waals surface area contributed by atoms with Gasteiger partial charge in [0.05, 0.1) is 22.4 Å². The number of anilines is 3. The number of hydrogen-bond donors (Lipinski definition) is 0. The molecule has 0 fully saturated rings. The molecule has 0 amide bonds. The smallest absolute Gasteiger partial charge is 0.0547 e. The molecule has 0 bridgehead atoms. The third-order valence-electron chi connectivity index (χ3n) is 10.8. The molecule has 10 aromatic rings. The molecule has 0 radical (unpaired) electrons. The molecule has 0 saturated heterocycles. The molecule has 264 valence electrons. The van der Waals surface area contributed by atoms with E-state index in [1.807, 2.05) is 0 Å². The predicted octanol–water partition coefficient (Wildman–Crippen LogP) is 14.9. The van der Waals surface area contributed by atoms with Gasteiger partial charge in [-0.15, -0.1) is 0 Å². The topological polar surface area (TPSA) is 8.17 Å². The highest BCUT2D eigenvalue weighted by molar-refractivity contribution is 6.11. The summed E-state index contributed by atoms with van der Waals surface area (Å²) in [7, 11) is 0. The van der Waals surface area contributed by atoms with Crippen molar-refractivity contribution in [3.63, 3.8) is 0 Å². The molecule has 0 unspecified atom stereocenters. The molecule has 10 rings (SSSR count). The lowest BCUT2D eigenvalue weighted by Crippen LogP contribution is -2.11. The number of rotatable bonds is 8. The van der Waals surface area contributed by atoms with Gasteiger partial charge in [-0.2, -0.15) is 0 Å². The van der Waals surface area contributed by atoms with Crippen LogP contribution < -0.4 is 4.90 Å². The van der Waals surface area contributed by atoms with E-state index < -0.39 is 0 Å². The fraction of sp³-hybridized carbons (Fsp3) is 0. The minimum absolute atomic E-state index is 1.11. The summed E-state index contributed by atoms with van der Waals surface area (Å²) in [6.07, 6.45) is 0. The second-order valence-corrected chi connectivity index (χ2v) is 14.1. The van der Waals surface area contributed by atoms with Crippen molar-refractivity contribution in [2.45, 2.75) is 0 Å². The first kappa shape index (κ1) is 33.2. The van der Waals surface area contributed by atoms with Crippen molar-refractivity contribution in [1.82, 2.24) is 4.57 Å². The van der Waals surface area contributed by atoms with Gasteiger partial charge in [0.15, 0.2) is 0 Å². The van der Waals surface area contributed by atoms with Crippen LogP contribution in [0.25, 0.3) is 72.0 Å². The summed E-state index contributed by atoms with van der Waals surface area (Å²) in [5.41, 5.74) is 16.4. The average molecular weight is 715 g/mol. The third kappa shape index (κ3) is 5.95. The quantitative estimate of drug-likeness (QED) is 0.152. The van der Waals surface area contributed by atoms with E-state index in [-0.39, 0.29) is 0 Å². The highest BCUT2D eigenvalue weighted by Crippen LogP contribution is 2.45. The number of hydrogen-bond acceptors (Lipinski definition) is 1. The van der Waals surface area contributed by atoms with E-state index in [2.05, 4.69) is 240 Å². The van der Waals surface area contributed by atoms with Gasteiger partial charge < -0.3 is 9.47 Å². The highest BCUT2D eigenvalue weighted by Gasteiger charge is 2.20. The molecule has 0 spiro atoms. The van der Waals surface area contributed by atoms with Gasteiger partial charge in [0.1, 0.15) is 0 Å². The van der Waals surface area contributed by atoms with Crippen molar-refractivity contribution in [2.24, 2.45) is 0 Å². The van der Waals surface area contributed by atoms with E-state index in [0.29, 0.717) is 0 Å². The zero-order valence-corrected chi connectivity index (χ0v) is 30.8. The molecule has 1 heterocycles. The van der Waals surface area contributed by atoms with Crippen molar-refractivity contribution >= 4 is 38.9 Å². The lowest BCUT2D eigenvalue weighted by atomic mass is 9.92. The van der Waals surface area contributed by atoms with Gasteiger partial charge in [0.25, 0.3) is 0 Å². The number of benzene rings is 9. The summed E-state index contributed by atoms with van der Waals surface area (Å²) < 4.78 is 2.46. The first-order valence-electron chi connectivity index (χ1n) is 19.2. The van der Waals surface area contributed by atoms with E-state index in [0.717, 1.165) is 22.7 Å². The summed E-state index contributed by atoms with van der Waals surface area (Å²) in [4.78, 5) is 2.36. The van der Waals surface area contributed by atoms with Gasteiger partial charge in [-0.05, 0) is 88.0 Å². The van der Waals surface area contributed by atoms with Crippen molar-refractivity contribution in [3.8, 4) is 50.2 Å². The Kier molecular flexibility index (Phi) is 8.55. The number of aromatic nitrogens is 1. The molecular weight excluding hydrogens is 677 g/mol. The summed E-state index contributed by atoms with van der Waals surface area (Å²) >= 11 is 0. The molecule has 56 heavy (non-hydrogen) atoms.